The van der Waals surface area contributed by atoms with Crippen molar-refractivity contribution in [2.24, 2.45) is 0 Å². The Kier molecular flexibility index (Phi) is 4.23. The molecule has 0 atom stereocenters. The molecule has 0 aliphatic rings. The molecule has 0 bridgehead atoms. The molecule has 2 nitrogen and oxygen atoms in total. The van der Waals surface area contributed by atoms with Crippen molar-refractivity contribution in [1.29, 1.82) is 0 Å². The molecule has 0 heterocycles. The summed E-state index contributed by atoms with van der Waals surface area (Å²) in [6.07, 6.45) is -4.57. The minimum Gasteiger partial charge on any atom is -0.457 e. The molecular formula is C15H10ClF3O2. The van der Waals surface area contributed by atoms with Crippen molar-refractivity contribution in [2.75, 3.05) is 0 Å². The SMILES string of the molecule is CC(=O)c1ccc(Oc2ccc(Cl)cc2C(F)(F)F)cc1. The van der Waals surface area contributed by atoms with E-state index < -0.39 is 11.7 Å². The first-order chi connectivity index (χ1) is 9.77. The predicted octanol–water partition coefficient (Wildman–Crippen LogP) is 5.35. The summed E-state index contributed by atoms with van der Waals surface area (Å²) in [4.78, 5) is 11.1. The normalized spacial score (nSPS) is 11.3. The van der Waals surface area contributed by atoms with E-state index in [4.69, 9.17) is 16.3 Å². The topological polar surface area (TPSA) is 26.3 Å². The molecular weight excluding hydrogens is 305 g/mol. The van der Waals surface area contributed by atoms with Gasteiger partial charge in [-0.1, -0.05) is 11.6 Å². The Balaban J connectivity index is 2.33. The van der Waals surface area contributed by atoms with Gasteiger partial charge >= 0.3 is 6.18 Å². The number of hydrogen-bond acceptors (Lipinski definition) is 2. The monoisotopic (exact) mass is 314 g/mol. The van der Waals surface area contributed by atoms with E-state index in [0.29, 0.717) is 5.56 Å². The number of carbonyl (C=O) groups is 1. The molecule has 110 valence electrons. The van der Waals surface area contributed by atoms with Gasteiger partial charge in [-0.2, -0.15) is 13.2 Å². The summed E-state index contributed by atoms with van der Waals surface area (Å²) < 4.78 is 44.0. The lowest BCUT2D eigenvalue weighted by Crippen LogP contribution is -2.07. The number of halogens is 4. The minimum atomic E-state index is -4.57. The van der Waals surface area contributed by atoms with Crippen molar-refractivity contribution in [3.63, 3.8) is 0 Å². The van der Waals surface area contributed by atoms with E-state index in [0.717, 1.165) is 12.1 Å². The Bertz CT molecular complexity index is 664. The molecule has 0 aromatic heterocycles. The molecule has 2 aromatic rings. The van der Waals surface area contributed by atoms with Gasteiger partial charge in [0.1, 0.15) is 11.5 Å². The van der Waals surface area contributed by atoms with Crippen molar-refractivity contribution < 1.29 is 22.7 Å². The van der Waals surface area contributed by atoms with Crippen LogP contribution in [0.2, 0.25) is 5.02 Å². The lowest BCUT2D eigenvalue weighted by molar-refractivity contribution is -0.138. The van der Waals surface area contributed by atoms with Crippen LogP contribution in [-0.2, 0) is 6.18 Å². The molecule has 0 spiro atoms. The second kappa shape index (κ2) is 5.77. The summed E-state index contributed by atoms with van der Waals surface area (Å²) in [6.45, 7) is 1.40. The van der Waals surface area contributed by atoms with Gasteiger partial charge in [0.15, 0.2) is 5.78 Å². The number of hydrogen-bond donors (Lipinski definition) is 0. The van der Waals surface area contributed by atoms with Crippen LogP contribution in [0.5, 0.6) is 11.5 Å². The number of ketones is 1. The van der Waals surface area contributed by atoms with Crippen LogP contribution in [0, 0.1) is 0 Å². The maximum absolute atomic E-state index is 12.9. The van der Waals surface area contributed by atoms with E-state index in [2.05, 4.69) is 0 Å². The van der Waals surface area contributed by atoms with Crippen LogP contribution >= 0.6 is 11.6 Å². The molecule has 0 saturated carbocycles. The molecule has 21 heavy (non-hydrogen) atoms. The highest BCUT2D eigenvalue weighted by Gasteiger charge is 2.34. The largest absolute Gasteiger partial charge is 0.457 e. The van der Waals surface area contributed by atoms with Crippen LogP contribution < -0.4 is 4.74 Å². The smallest absolute Gasteiger partial charge is 0.420 e. The maximum Gasteiger partial charge on any atom is 0.420 e. The standard InChI is InChI=1S/C15H10ClF3O2/c1-9(20)10-2-5-12(6-3-10)21-14-7-4-11(16)8-13(14)15(17,18)19/h2-8H,1H3. The molecule has 2 aromatic carbocycles. The van der Waals surface area contributed by atoms with E-state index in [1.165, 1.54) is 37.3 Å². The zero-order valence-electron chi connectivity index (χ0n) is 10.9. The van der Waals surface area contributed by atoms with Crippen molar-refractivity contribution in [1.82, 2.24) is 0 Å². The first-order valence-electron chi connectivity index (χ1n) is 5.93. The molecule has 0 radical (unpaired) electrons. The highest BCUT2D eigenvalue weighted by atomic mass is 35.5. The molecule has 0 N–H and O–H groups in total. The van der Waals surface area contributed by atoms with Gasteiger partial charge in [0.2, 0.25) is 0 Å². The summed E-state index contributed by atoms with van der Waals surface area (Å²) in [5, 5.41) is -0.0263. The van der Waals surface area contributed by atoms with Gasteiger partial charge in [-0.15, -0.1) is 0 Å². The van der Waals surface area contributed by atoms with Crippen molar-refractivity contribution >= 4 is 17.4 Å². The van der Waals surface area contributed by atoms with Gasteiger partial charge in [0.25, 0.3) is 0 Å². The Morgan fingerprint density at radius 3 is 2.24 bits per heavy atom. The highest BCUT2D eigenvalue weighted by Crippen LogP contribution is 2.39. The molecule has 0 fully saturated rings. The van der Waals surface area contributed by atoms with Crippen LogP contribution in [-0.4, -0.2) is 5.78 Å². The van der Waals surface area contributed by atoms with Crippen molar-refractivity contribution in [2.45, 2.75) is 13.1 Å². The summed E-state index contributed by atoms with van der Waals surface area (Å²) in [5.41, 5.74) is -0.500. The number of carbonyl (C=O) groups excluding carboxylic acids is 1. The minimum absolute atomic E-state index is 0.0263. The first kappa shape index (κ1) is 15.4. The maximum atomic E-state index is 12.9. The Hall–Kier alpha value is -2.01. The number of Topliss-reactive ketones (excluding diaryl/α,β-unsaturated/α-hetero) is 1. The number of alkyl halides is 3. The van der Waals surface area contributed by atoms with Crippen molar-refractivity contribution in [3.05, 3.63) is 58.6 Å². The third kappa shape index (κ3) is 3.76. The molecule has 0 aliphatic heterocycles. The second-order valence-corrected chi connectivity index (χ2v) is 4.76. The second-order valence-electron chi connectivity index (χ2n) is 4.32. The summed E-state index contributed by atoms with van der Waals surface area (Å²) >= 11 is 5.59. The number of ether oxygens (including phenoxy) is 1. The fourth-order valence-electron chi connectivity index (χ4n) is 1.70. The number of rotatable bonds is 3. The summed E-state index contributed by atoms with van der Waals surface area (Å²) in [6, 6.07) is 9.12. The molecule has 6 heteroatoms. The fourth-order valence-corrected chi connectivity index (χ4v) is 1.87. The molecule has 2 rings (SSSR count). The quantitative estimate of drug-likeness (QED) is 0.713. The lowest BCUT2D eigenvalue weighted by atomic mass is 10.1. The fraction of sp³-hybridized carbons (Fsp3) is 0.133. The summed E-state index contributed by atoms with van der Waals surface area (Å²) in [7, 11) is 0. The van der Waals surface area contributed by atoms with Crippen LogP contribution in [0.15, 0.2) is 42.5 Å². The van der Waals surface area contributed by atoms with Crippen LogP contribution in [0.4, 0.5) is 13.2 Å². The van der Waals surface area contributed by atoms with Gasteiger partial charge in [0.05, 0.1) is 5.56 Å². The molecule has 0 aliphatic carbocycles. The Morgan fingerprint density at radius 2 is 1.71 bits per heavy atom. The average Bonchev–Trinajstić information content (AvgIpc) is 2.40. The highest BCUT2D eigenvalue weighted by molar-refractivity contribution is 6.30. The van der Waals surface area contributed by atoms with E-state index in [1.54, 1.807) is 0 Å². The third-order valence-corrected chi connectivity index (χ3v) is 2.97. The van der Waals surface area contributed by atoms with Gasteiger partial charge in [-0.05, 0) is 49.4 Å². The molecule has 0 amide bonds. The van der Waals surface area contributed by atoms with E-state index >= 15 is 0 Å². The van der Waals surface area contributed by atoms with E-state index in [-0.39, 0.29) is 22.3 Å². The zero-order chi connectivity index (χ0) is 15.6. The van der Waals surface area contributed by atoms with Gasteiger partial charge in [-0.3, -0.25) is 4.79 Å². The molecule has 0 unspecified atom stereocenters. The van der Waals surface area contributed by atoms with Crippen molar-refractivity contribution in [3.8, 4) is 11.5 Å². The van der Waals surface area contributed by atoms with Crippen LogP contribution in [0.25, 0.3) is 0 Å². The Morgan fingerprint density at radius 1 is 1.10 bits per heavy atom. The van der Waals surface area contributed by atoms with Gasteiger partial charge in [0, 0.05) is 10.6 Å². The predicted molar refractivity (Wildman–Crippen MR) is 73.0 cm³/mol. The van der Waals surface area contributed by atoms with Crippen LogP contribution in [0.1, 0.15) is 22.8 Å². The Labute approximate surface area is 124 Å². The average molecular weight is 315 g/mol. The van der Waals surface area contributed by atoms with Crippen LogP contribution in [0.3, 0.4) is 0 Å². The lowest BCUT2D eigenvalue weighted by Gasteiger charge is -2.14. The first-order valence-corrected chi connectivity index (χ1v) is 6.31. The van der Waals surface area contributed by atoms with E-state index in [9.17, 15) is 18.0 Å². The summed E-state index contributed by atoms with van der Waals surface area (Å²) in [5.74, 6) is -0.278. The number of benzene rings is 2. The van der Waals surface area contributed by atoms with E-state index in [1.807, 2.05) is 0 Å². The van der Waals surface area contributed by atoms with Gasteiger partial charge < -0.3 is 4.74 Å². The zero-order valence-corrected chi connectivity index (χ0v) is 11.6. The molecule has 0 saturated heterocycles. The third-order valence-electron chi connectivity index (χ3n) is 2.74. The van der Waals surface area contributed by atoms with Gasteiger partial charge in [-0.25, -0.2) is 0 Å².